The molecule has 0 aliphatic heterocycles. The van der Waals surface area contributed by atoms with E-state index < -0.39 is 0 Å². The lowest BCUT2D eigenvalue weighted by atomic mass is 9.78. The predicted octanol–water partition coefficient (Wildman–Crippen LogP) is 4.16. The maximum Gasteiger partial charge on any atom is 0.0887 e. The molecule has 1 aromatic rings. The van der Waals surface area contributed by atoms with Crippen LogP contribution in [-0.4, -0.2) is 5.11 Å². The number of aliphatic hydroxyl groups excluding tert-OH is 1. The molecule has 0 radical (unpaired) electrons. The number of hydrogen-bond acceptors (Lipinski definition) is 2. The lowest BCUT2D eigenvalue weighted by Crippen LogP contribution is -2.19. The molecule has 0 saturated heterocycles. The third-order valence-electron chi connectivity index (χ3n) is 3.26. The van der Waals surface area contributed by atoms with Crippen LogP contribution in [0.25, 0.3) is 0 Å². The van der Waals surface area contributed by atoms with Gasteiger partial charge >= 0.3 is 0 Å². The van der Waals surface area contributed by atoms with Crippen molar-refractivity contribution >= 4 is 11.3 Å². The van der Waals surface area contributed by atoms with E-state index >= 15 is 0 Å². The van der Waals surface area contributed by atoms with E-state index in [1.807, 2.05) is 0 Å². The lowest BCUT2D eigenvalue weighted by molar-refractivity contribution is 0.113. The average molecular weight is 226 g/mol. The van der Waals surface area contributed by atoms with Gasteiger partial charge < -0.3 is 5.11 Å². The Morgan fingerprint density at radius 1 is 1.40 bits per heavy atom. The minimum atomic E-state index is -0.292. The summed E-state index contributed by atoms with van der Waals surface area (Å²) in [7, 11) is 0. The standard InChI is InChI=1S/C13H22OS/c1-9-6-7-15-12(9)11(14)8-10(2)13(3,4)5/h6-7,10-11,14H,8H2,1-5H3. The molecule has 0 bridgehead atoms. The summed E-state index contributed by atoms with van der Waals surface area (Å²) in [4.78, 5) is 1.13. The molecule has 0 amide bonds. The van der Waals surface area contributed by atoms with Gasteiger partial charge in [-0.1, -0.05) is 27.7 Å². The van der Waals surface area contributed by atoms with Gasteiger partial charge in [-0.2, -0.15) is 0 Å². The Morgan fingerprint density at radius 3 is 2.40 bits per heavy atom. The summed E-state index contributed by atoms with van der Waals surface area (Å²) >= 11 is 1.66. The first-order valence-corrected chi connectivity index (χ1v) is 6.42. The van der Waals surface area contributed by atoms with Crippen LogP contribution in [0.4, 0.5) is 0 Å². The third kappa shape index (κ3) is 3.32. The lowest BCUT2D eigenvalue weighted by Gasteiger charge is -2.29. The Kier molecular flexibility index (Phi) is 3.96. The smallest absolute Gasteiger partial charge is 0.0887 e. The van der Waals surface area contributed by atoms with Crippen molar-refractivity contribution < 1.29 is 5.11 Å². The van der Waals surface area contributed by atoms with Crippen LogP contribution in [0.2, 0.25) is 0 Å². The van der Waals surface area contributed by atoms with Gasteiger partial charge in [0.05, 0.1) is 6.10 Å². The topological polar surface area (TPSA) is 20.2 Å². The number of hydrogen-bond donors (Lipinski definition) is 1. The molecule has 15 heavy (non-hydrogen) atoms. The highest BCUT2D eigenvalue weighted by Gasteiger charge is 2.24. The molecule has 0 saturated carbocycles. The molecule has 0 aromatic carbocycles. The molecule has 1 N–H and O–H groups in total. The minimum absolute atomic E-state index is 0.270. The van der Waals surface area contributed by atoms with Crippen molar-refractivity contribution in [1.29, 1.82) is 0 Å². The van der Waals surface area contributed by atoms with E-state index in [1.165, 1.54) is 5.56 Å². The molecule has 2 unspecified atom stereocenters. The van der Waals surface area contributed by atoms with Crippen LogP contribution in [0, 0.1) is 18.3 Å². The van der Waals surface area contributed by atoms with E-state index in [1.54, 1.807) is 11.3 Å². The highest BCUT2D eigenvalue weighted by Crippen LogP contribution is 2.35. The van der Waals surface area contributed by atoms with Crippen molar-refractivity contribution in [2.75, 3.05) is 0 Å². The summed E-state index contributed by atoms with van der Waals surface area (Å²) in [5.41, 5.74) is 1.49. The van der Waals surface area contributed by atoms with Crippen LogP contribution >= 0.6 is 11.3 Å². The molecular weight excluding hydrogens is 204 g/mol. The first-order valence-electron chi connectivity index (χ1n) is 5.54. The molecule has 0 spiro atoms. The molecule has 2 heteroatoms. The normalized spacial score (nSPS) is 16.4. The van der Waals surface area contributed by atoms with Crippen molar-refractivity contribution in [3.8, 4) is 0 Å². The monoisotopic (exact) mass is 226 g/mol. The minimum Gasteiger partial charge on any atom is -0.388 e. The number of rotatable bonds is 3. The van der Waals surface area contributed by atoms with Crippen molar-refractivity contribution in [2.45, 2.75) is 47.1 Å². The quantitative estimate of drug-likeness (QED) is 0.820. The Balaban J connectivity index is 2.64. The fourth-order valence-corrected chi connectivity index (χ4v) is 2.45. The van der Waals surface area contributed by atoms with E-state index in [0.717, 1.165) is 11.3 Å². The molecule has 2 atom stereocenters. The summed E-state index contributed by atoms with van der Waals surface area (Å²) in [6.45, 7) is 11.0. The zero-order valence-electron chi connectivity index (χ0n) is 10.4. The molecule has 86 valence electrons. The van der Waals surface area contributed by atoms with Crippen molar-refractivity contribution in [3.05, 3.63) is 21.9 Å². The van der Waals surface area contributed by atoms with E-state index in [9.17, 15) is 5.11 Å². The molecule has 1 nitrogen and oxygen atoms in total. The number of aliphatic hydroxyl groups is 1. The van der Waals surface area contributed by atoms with Crippen molar-refractivity contribution in [1.82, 2.24) is 0 Å². The fraction of sp³-hybridized carbons (Fsp3) is 0.692. The third-order valence-corrected chi connectivity index (χ3v) is 4.38. The molecular formula is C13H22OS. The summed E-state index contributed by atoms with van der Waals surface area (Å²) in [5, 5.41) is 12.2. The summed E-state index contributed by atoms with van der Waals surface area (Å²) in [5.74, 6) is 0.522. The maximum absolute atomic E-state index is 10.1. The SMILES string of the molecule is Cc1ccsc1C(O)CC(C)C(C)(C)C. The highest BCUT2D eigenvalue weighted by molar-refractivity contribution is 7.10. The van der Waals surface area contributed by atoms with Gasteiger partial charge in [0.2, 0.25) is 0 Å². The van der Waals surface area contributed by atoms with Gasteiger partial charge in [-0.15, -0.1) is 11.3 Å². The Labute approximate surface area is 97.2 Å². The fourth-order valence-electron chi connectivity index (χ4n) is 1.52. The van der Waals surface area contributed by atoms with Crippen LogP contribution in [0.5, 0.6) is 0 Å². The largest absolute Gasteiger partial charge is 0.388 e. The molecule has 0 aliphatic carbocycles. The average Bonchev–Trinajstić information content (AvgIpc) is 2.49. The van der Waals surface area contributed by atoms with Gasteiger partial charge in [-0.05, 0) is 41.7 Å². The first kappa shape index (κ1) is 12.7. The molecule has 1 heterocycles. The van der Waals surface area contributed by atoms with Gasteiger partial charge in [0.25, 0.3) is 0 Å². The maximum atomic E-state index is 10.1. The van der Waals surface area contributed by atoms with E-state index in [2.05, 4.69) is 46.1 Å². The molecule has 0 aliphatic rings. The van der Waals surface area contributed by atoms with Crippen LogP contribution in [-0.2, 0) is 0 Å². The van der Waals surface area contributed by atoms with Gasteiger partial charge in [0.1, 0.15) is 0 Å². The van der Waals surface area contributed by atoms with Crippen LogP contribution in [0.3, 0.4) is 0 Å². The van der Waals surface area contributed by atoms with Gasteiger partial charge in [0.15, 0.2) is 0 Å². The van der Waals surface area contributed by atoms with Crippen LogP contribution in [0.15, 0.2) is 11.4 Å². The number of aryl methyl sites for hydroxylation is 1. The van der Waals surface area contributed by atoms with E-state index in [-0.39, 0.29) is 11.5 Å². The Morgan fingerprint density at radius 2 is 2.00 bits per heavy atom. The van der Waals surface area contributed by atoms with E-state index in [0.29, 0.717) is 5.92 Å². The van der Waals surface area contributed by atoms with Crippen LogP contribution < -0.4 is 0 Å². The van der Waals surface area contributed by atoms with Crippen LogP contribution in [0.1, 0.15) is 50.7 Å². The second kappa shape index (κ2) is 4.67. The Hall–Kier alpha value is -0.340. The van der Waals surface area contributed by atoms with Gasteiger partial charge in [-0.3, -0.25) is 0 Å². The molecule has 1 rings (SSSR count). The van der Waals surface area contributed by atoms with Gasteiger partial charge in [0, 0.05) is 4.88 Å². The predicted molar refractivity (Wildman–Crippen MR) is 67.3 cm³/mol. The summed E-state index contributed by atoms with van der Waals surface area (Å²) in [6, 6.07) is 2.07. The second-order valence-corrected chi connectivity index (χ2v) is 6.43. The zero-order valence-corrected chi connectivity index (χ0v) is 11.2. The molecule has 0 fully saturated rings. The zero-order chi connectivity index (χ0) is 11.6. The first-order chi connectivity index (χ1) is 6.82. The van der Waals surface area contributed by atoms with Crippen molar-refractivity contribution in [3.63, 3.8) is 0 Å². The van der Waals surface area contributed by atoms with Gasteiger partial charge in [-0.25, -0.2) is 0 Å². The number of thiophene rings is 1. The molecule has 1 aromatic heterocycles. The highest BCUT2D eigenvalue weighted by atomic mass is 32.1. The second-order valence-electron chi connectivity index (χ2n) is 5.49. The van der Waals surface area contributed by atoms with E-state index in [4.69, 9.17) is 0 Å². The summed E-state index contributed by atoms with van der Waals surface area (Å²) < 4.78 is 0. The Bertz CT molecular complexity index is 309. The summed E-state index contributed by atoms with van der Waals surface area (Å²) in [6.07, 6.45) is 0.560. The van der Waals surface area contributed by atoms with Crippen molar-refractivity contribution in [2.24, 2.45) is 11.3 Å².